The van der Waals surface area contributed by atoms with Gasteiger partial charge in [-0.1, -0.05) is 19.3 Å². The number of thiophene rings is 1. The van der Waals surface area contributed by atoms with Crippen molar-refractivity contribution in [3.63, 3.8) is 0 Å². The zero-order valence-electron chi connectivity index (χ0n) is 19.0. The number of rotatable bonds is 5. The molecule has 2 fully saturated rings. The molecule has 2 aromatic rings. The molecule has 1 aliphatic heterocycles. The molecule has 4 rings (SSSR count). The lowest BCUT2D eigenvalue weighted by molar-refractivity contribution is -0.132. The van der Waals surface area contributed by atoms with Gasteiger partial charge in [0, 0.05) is 42.9 Å². The summed E-state index contributed by atoms with van der Waals surface area (Å²) >= 11 is 1.52. The van der Waals surface area contributed by atoms with Gasteiger partial charge in [-0.2, -0.15) is 0 Å². The number of aromatic nitrogens is 2. The summed E-state index contributed by atoms with van der Waals surface area (Å²) in [5.74, 6) is 0.629. The highest BCUT2D eigenvalue weighted by molar-refractivity contribution is 7.18. The topological polar surface area (TPSA) is 107 Å². The number of aromatic amines is 1. The van der Waals surface area contributed by atoms with E-state index in [0.717, 1.165) is 41.0 Å². The van der Waals surface area contributed by atoms with Crippen LogP contribution in [0, 0.1) is 13.8 Å². The quantitative estimate of drug-likeness (QED) is 0.638. The average Bonchev–Trinajstić information content (AvgIpc) is 3.07. The van der Waals surface area contributed by atoms with Crippen molar-refractivity contribution in [2.24, 2.45) is 0 Å². The minimum absolute atomic E-state index is 0.0661. The minimum Gasteiger partial charge on any atom is -0.343 e. The lowest BCUT2D eigenvalue weighted by Gasteiger charge is -2.33. The number of hydrogen-bond donors (Lipinski definition) is 3. The van der Waals surface area contributed by atoms with Gasteiger partial charge in [-0.3, -0.25) is 9.59 Å². The van der Waals surface area contributed by atoms with E-state index in [1.165, 1.54) is 30.6 Å². The summed E-state index contributed by atoms with van der Waals surface area (Å²) in [6, 6.07) is 0.325. The van der Waals surface area contributed by atoms with Gasteiger partial charge >= 0.3 is 6.03 Å². The number of likely N-dealkylation sites (tertiary alicyclic amines) is 1. The van der Waals surface area contributed by atoms with Crippen molar-refractivity contribution in [1.82, 2.24) is 25.5 Å². The summed E-state index contributed by atoms with van der Waals surface area (Å²) in [4.78, 5) is 48.4. The van der Waals surface area contributed by atoms with E-state index in [1.807, 2.05) is 18.7 Å². The Hall–Kier alpha value is -2.42. The van der Waals surface area contributed by atoms with Crippen LogP contribution in [0.15, 0.2) is 4.79 Å². The van der Waals surface area contributed by atoms with E-state index in [1.54, 1.807) is 0 Å². The van der Waals surface area contributed by atoms with Gasteiger partial charge in [0.1, 0.15) is 10.7 Å². The van der Waals surface area contributed by atoms with E-state index in [2.05, 4.69) is 20.6 Å². The standard InChI is InChI=1S/C23H33N5O3S/c1-14-15(2)32-22-20(14)21(30)26-18(27-22)8-9-19(29)28-12-10-17(11-13-28)25-23(31)24-16-6-4-3-5-7-16/h16-17H,3-13H2,1-2H3,(H2,24,25,31)(H,26,27,30). The van der Waals surface area contributed by atoms with Crippen LogP contribution < -0.4 is 16.2 Å². The SMILES string of the molecule is Cc1sc2nc(CCC(=O)N3CCC(NC(=O)NC4CCCCC4)CC3)[nH]c(=O)c2c1C. The minimum atomic E-state index is -0.127. The fourth-order valence-electron chi connectivity index (χ4n) is 4.73. The van der Waals surface area contributed by atoms with Crippen LogP contribution in [0.1, 0.15) is 67.6 Å². The lowest BCUT2D eigenvalue weighted by Crippen LogP contribution is -2.51. The molecule has 174 valence electrons. The second kappa shape index (κ2) is 10.0. The molecule has 3 N–H and O–H groups in total. The van der Waals surface area contributed by atoms with Gasteiger partial charge in [-0.15, -0.1) is 11.3 Å². The van der Waals surface area contributed by atoms with Crippen molar-refractivity contribution in [3.05, 3.63) is 26.6 Å². The average molecular weight is 460 g/mol. The molecule has 3 heterocycles. The molecular weight excluding hydrogens is 426 g/mol. The summed E-state index contributed by atoms with van der Waals surface area (Å²) in [6.45, 7) is 5.20. The van der Waals surface area contributed by atoms with Crippen LogP contribution in [-0.4, -0.2) is 52.0 Å². The largest absolute Gasteiger partial charge is 0.343 e. The van der Waals surface area contributed by atoms with Crippen LogP contribution in [0.25, 0.3) is 10.2 Å². The van der Waals surface area contributed by atoms with E-state index >= 15 is 0 Å². The van der Waals surface area contributed by atoms with Crippen molar-refractivity contribution < 1.29 is 9.59 Å². The zero-order valence-corrected chi connectivity index (χ0v) is 19.8. The Kier molecular flexibility index (Phi) is 7.13. The summed E-state index contributed by atoms with van der Waals surface area (Å²) in [5.41, 5.74) is 0.850. The van der Waals surface area contributed by atoms with Gasteiger partial charge in [0.05, 0.1) is 5.39 Å². The molecule has 0 unspecified atom stereocenters. The Morgan fingerprint density at radius 1 is 1.06 bits per heavy atom. The summed E-state index contributed by atoms with van der Waals surface area (Å²) < 4.78 is 0. The first-order chi connectivity index (χ1) is 15.4. The van der Waals surface area contributed by atoms with Crippen molar-refractivity contribution in [3.8, 4) is 0 Å². The first-order valence-electron chi connectivity index (χ1n) is 11.7. The number of fused-ring (bicyclic) bond motifs is 1. The van der Waals surface area contributed by atoms with Crippen LogP contribution in [0.2, 0.25) is 0 Å². The smallest absolute Gasteiger partial charge is 0.315 e. The lowest BCUT2D eigenvalue weighted by atomic mass is 9.96. The summed E-state index contributed by atoms with van der Waals surface area (Å²) in [5, 5.41) is 6.83. The second-order valence-corrected chi connectivity index (χ2v) is 10.3. The number of H-pyrrole nitrogens is 1. The number of nitrogens with one attached hydrogen (secondary N) is 3. The highest BCUT2D eigenvalue weighted by atomic mass is 32.1. The maximum Gasteiger partial charge on any atom is 0.315 e. The molecule has 9 heteroatoms. The second-order valence-electron chi connectivity index (χ2n) is 9.08. The Morgan fingerprint density at radius 2 is 1.72 bits per heavy atom. The number of hydrogen-bond acceptors (Lipinski definition) is 5. The number of carbonyl (C=O) groups excluding carboxylic acids is 2. The number of aryl methyl sites for hydroxylation is 3. The normalized spacial score (nSPS) is 18.1. The number of carbonyl (C=O) groups is 2. The van der Waals surface area contributed by atoms with Gasteiger partial charge in [0.15, 0.2) is 0 Å². The van der Waals surface area contributed by atoms with E-state index in [9.17, 15) is 14.4 Å². The Bertz CT molecular complexity index is 1030. The van der Waals surface area contributed by atoms with Crippen molar-refractivity contribution in [2.75, 3.05) is 13.1 Å². The van der Waals surface area contributed by atoms with Gasteiger partial charge in [0.25, 0.3) is 5.56 Å². The van der Waals surface area contributed by atoms with E-state index in [0.29, 0.717) is 43.2 Å². The zero-order chi connectivity index (χ0) is 22.7. The highest BCUT2D eigenvalue weighted by Crippen LogP contribution is 2.25. The number of urea groups is 1. The third-order valence-corrected chi connectivity index (χ3v) is 7.89. The molecule has 1 saturated carbocycles. The highest BCUT2D eigenvalue weighted by Gasteiger charge is 2.25. The monoisotopic (exact) mass is 459 g/mol. The van der Waals surface area contributed by atoms with Gasteiger partial charge in [-0.05, 0) is 45.1 Å². The fourth-order valence-corrected chi connectivity index (χ4v) is 5.78. The van der Waals surface area contributed by atoms with Crippen LogP contribution in [0.4, 0.5) is 4.79 Å². The van der Waals surface area contributed by atoms with Gasteiger partial charge in [0.2, 0.25) is 5.91 Å². The maximum atomic E-state index is 12.7. The first-order valence-corrected chi connectivity index (χ1v) is 12.6. The maximum absolute atomic E-state index is 12.7. The van der Waals surface area contributed by atoms with E-state index in [4.69, 9.17) is 0 Å². The van der Waals surface area contributed by atoms with Gasteiger partial charge in [-0.25, -0.2) is 9.78 Å². The third-order valence-electron chi connectivity index (χ3n) is 6.79. The first kappa shape index (κ1) is 22.8. The molecule has 1 aliphatic carbocycles. The van der Waals surface area contributed by atoms with Crippen LogP contribution in [0.5, 0.6) is 0 Å². The Balaban J connectivity index is 1.23. The number of piperidine rings is 1. The Morgan fingerprint density at radius 3 is 2.41 bits per heavy atom. The Labute approximate surface area is 192 Å². The molecular formula is C23H33N5O3S. The molecule has 1 saturated heterocycles. The fraction of sp³-hybridized carbons (Fsp3) is 0.652. The van der Waals surface area contributed by atoms with Crippen LogP contribution >= 0.6 is 11.3 Å². The van der Waals surface area contributed by atoms with Crippen molar-refractivity contribution in [1.29, 1.82) is 0 Å². The molecule has 2 aliphatic rings. The summed E-state index contributed by atoms with van der Waals surface area (Å²) in [6.07, 6.45) is 8.04. The summed E-state index contributed by atoms with van der Waals surface area (Å²) in [7, 11) is 0. The predicted octanol–water partition coefficient (Wildman–Crippen LogP) is 3.16. The number of nitrogens with zero attached hydrogens (tertiary/aromatic N) is 2. The molecule has 0 aromatic carbocycles. The molecule has 0 radical (unpaired) electrons. The molecule has 32 heavy (non-hydrogen) atoms. The van der Waals surface area contributed by atoms with E-state index in [-0.39, 0.29) is 23.5 Å². The van der Waals surface area contributed by atoms with Crippen molar-refractivity contribution in [2.45, 2.75) is 83.7 Å². The molecule has 8 nitrogen and oxygen atoms in total. The third kappa shape index (κ3) is 5.31. The van der Waals surface area contributed by atoms with E-state index < -0.39 is 0 Å². The van der Waals surface area contributed by atoms with Crippen LogP contribution in [0.3, 0.4) is 0 Å². The predicted molar refractivity (Wildman–Crippen MR) is 126 cm³/mol. The van der Waals surface area contributed by atoms with Crippen LogP contribution in [-0.2, 0) is 11.2 Å². The molecule has 0 spiro atoms. The molecule has 0 bridgehead atoms. The van der Waals surface area contributed by atoms with Crippen molar-refractivity contribution >= 4 is 33.5 Å². The number of amides is 3. The van der Waals surface area contributed by atoms with Gasteiger partial charge < -0.3 is 20.5 Å². The molecule has 3 amide bonds. The molecule has 2 aromatic heterocycles. The molecule has 0 atom stereocenters.